The van der Waals surface area contributed by atoms with E-state index in [1.54, 1.807) is 18.3 Å². The zero-order valence-corrected chi connectivity index (χ0v) is 10.7. The quantitative estimate of drug-likeness (QED) is 0.657. The Balaban J connectivity index is 1.77. The van der Waals surface area contributed by atoms with Crippen molar-refractivity contribution in [2.75, 3.05) is 5.32 Å². The first-order valence-corrected chi connectivity index (χ1v) is 6.06. The highest BCUT2D eigenvalue weighted by Crippen LogP contribution is 2.14. The molecule has 0 atom stereocenters. The van der Waals surface area contributed by atoms with Crippen LogP contribution in [0.25, 0.3) is 11.5 Å². The molecule has 3 aromatic rings. The molecule has 8 heteroatoms. The molecule has 0 aliphatic rings. The summed E-state index contributed by atoms with van der Waals surface area (Å²) in [6.07, 6.45) is 3.13. The van der Waals surface area contributed by atoms with Crippen molar-refractivity contribution in [1.82, 2.24) is 25.1 Å². The van der Waals surface area contributed by atoms with Gasteiger partial charge in [0.2, 0.25) is 0 Å². The van der Waals surface area contributed by atoms with Crippen LogP contribution in [0.3, 0.4) is 0 Å². The van der Waals surface area contributed by atoms with Crippen molar-refractivity contribution >= 4 is 11.7 Å². The monoisotopic (exact) mass is 282 g/mol. The third-order valence-corrected chi connectivity index (χ3v) is 2.64. The Kier molecular flexibility index (Phi) is 3.26. The number of aromatic nitrogens is 5. The van der Waals surface area contributed by atoms with Crippen LogP contribution >= 0.6 is 0 Å². The van der Waals surface area contributed by atoms with Crippen molar-refractivity contribution in [2.45, 2.75) is 0 Å². The minimum absolute atomic E-state index is 0.101. The predicted octanol–water partition coefficient (Wildman–Crippen LogP) is 0.807. The smallest absolute Gasteiger partial charge is 0.277 e. The molecule has 104 valence electrons. The number of H-pyrrole nitrogens is 2. The molecule has 0 aromatic carbocycles. The number of rotatable bonds is 3. The molecular weight excluding hydrogens is 272 g/mol. The zero-order chi connectivity index (χ0) is 14.7. The molecule has 3 N–H and O–H groups in total. The van der Waals surface area contributed by atoms with Crippen molar-refractivity contribution in [1.29, 1.82) is 0 Å². The van der Waals surface area contributed by atoms with Crippen LogP contribution in [-0.2, 0) is 0 Å². The highest BCUT2D eigenvalue weighted by Gasteiger charge is 2.10. The molecule has 3 heterocycles. The van der Waals surface area contributed by atoms with E-state index in [9.17, 15) is 9.59 Å². The van der Waals surface area contributed by atoms with Gasteiger partial charge in [-0.3, -0.25) is 14.6 Å². The number of carbonyl (C=O) groups is 1. The molecule has 0 aliphatic carbocycles. The molecule has 0 bridgehead atoms. The summed E-state index contributed by atoms with van der Waals surface area (Å²) in [5.41, 5.74) is 0.397. The summed E-state index contributed by atoms with van der Waals surface area (Å²) < 4.78 is 0. The van der Waals surface area contributed by atoms with Crippen LogP contribution in [0.4, 0.5) is 5.82 Å². The van der Waals surface area contributed by atoms with Crippen molar-refractivity contribution < 1.29 is 4.79 Å². The van der Waals surface area contributed by atoms with Crippen LogP contribution in [-0.4, -0.2) is 31.1 Å². The summed E-state index contributed by atoms with van der Waals surface area (Å²) in [5, 5.41) is 8.44. The number of hydrogen-bond acceptors (Lipinski definition) is 5. The first-order chi connectivity index (χ1) is 10.2. The summed E-state index contributed by atoms with van der Waals surface area (Å²) in [6, 6.07) is 8.01. The number of anilines is 1. The van der Waals surface area contributed by atoms with E-state index in [4.69, 9.17) is 0 Å². The van der Waals surface area contributed by atoms with Gasteiger partial charge in [-0.25, -0.2) is 10.1 Å². The lowest BCUT2D eigenvalue weighted by Crippen LogP contribution is -2.17. The van der Waals surface area contributed by atoms with Gasteiger partial charge in [0.1, 0.15) is 17.2 Å². The van der Waals surface area contributed by atoms with Gasteiger partial charge in [0.05, 0.1) is 6.20 Å². The van der Waals surface area contributed by atoms with E-state index < -0.39 is 5.91 Å². The average Bonchev–Trinajstić information content (AvgIpc) is 2.97. The first kappa shape index (κ1) is 12.7. The van der Waals surface area contributed by atoms with Crippen molar-refractivity contribution in [2.24, 2.45) is 0 Å². The highest BCUT2D eigenvalue weighted by atomic mass is 16.2. The number of pyridine rings is 1. The van der Waals surface area contributed by atoms with E-state index in [2.05, 4.69) is 30.5 Å². The van der Waals surface area contributed by atoms with Crippen molar-refractivity contribution in [3.63, 3.8) is 0 Å². The maximum atomic E-state index is 11.9. The third kappa shape index (κ3) is 2.84. The summed E-state index contributed by atoms with van der Waals surface area (Å²) in [7, 11) is 0. The molecule has 0 aliphatic heterocycles. The predicted molar refractivity (Wildman–Crippen MR) is 74.6 cm³/mol. The average molecular weight is 282 g/mol. The zero-order valence-electron chi connectivity index (χ0n) is 10.7. The van der Waals surface area contributed by atoms with Gasteiger partial charge in [0.15, 0.2) is 5.82 Å². The number of aromatic amines is 2. The SMILES string of the molecule is O=C(Nc1cnc(-c2ccccn2)[nH]1)c1ccc(=O)[nH]n1. The molecule has 8 nitrogen and oxygen atoms in total. The van der Waals surface area contributed by atoms with Gasteiger partial charge in [-0.05, 0) is 18.2 Å². The largest absolute Gasteiger partial charge is 0.323 e. The standard InChI is InChI=1S/C13H10N6O2/c20-11-5-4-9(18-19-11)13(21)17-10-7-15-12(16-10)8-3-1-2-6-14-8/h1-7H,(H,15,16)(H,17,21)(H,19,20). The van der Waals surface area contributed by atoms with Gasteiger partial charge < -0.3 is 10.3 Å². The summed E-state index contributed by atoms with van der Waals surface area (Å²) in [4.78, 5) is 34.0. The molecule has 1 amide bonds. The lowest BCUT2D eigenvalue weighted by molar-refractivity contribution is 0.102. The Morgan fingerprint density at radius 2 is 2.05 bits per heavy atom. The molecule has 3 aromatic heterocycles. The van der Waals surface area contributed by atoms with E-state index in [0.717, 1.165) is 0 Å². The van der Waals surface area contributed by atoms with Crippen LogP contribution < -0.4 is 10.9 Å². The van der Waals surface area contributed by atoms with E-state index >= 15 is 0 Å². The molecule has 0 spiro atoms. The fourth-order valence-corrected chi connectivity index (χ4v) is 1.68. The van der Waals surface area contributed by atoms with E-state index in [1.165, 1.54) is 18.3 Å². The Bertz CT molecular complexity index is 803. The van der Waals surface area contributed by atoms with Crippen molar-refractivity contribution in [3.05, 3.63) is 58.8 Å². The molecule has 0 saturated carbocycles. The van der Waals surface area contributed by atoms with Gasteiger partial charge >= 0.3 is 0 Å². The topological polar surface area (TPSA) is 116 Å². The second-order valence-corrected chi connectivity index (χ2v) is 4.12. The summed E-state index contributed by atoms with van der Waals surface area (Å²) in [6.45, 7) is 0. The normalized spacial score (nSPS) is 10.3. The number of imidazole rings is 1. The van der Waals surface area contributed by atoms with Crippen LogP contribution in [0.5, 0.6) is 0 Å². The molecule has 3 rings (SSSR count). The lowest BCUT2D eigenvalue weighted by atomic mass is 10.3. The number of nitrogens with one attached hydrogen (secondary N) is 3. The number of carbonyl (C=O) groups excluding carboxylic acids is 1. The van der Waals surface area contributed by atoms with Crippen molar-refractivity contribution in [3.8, 4) is 11.5 Å². The Morgan fingerprint density at radius 1 is 1.14 bits per heavy atom. The fraction of sp³-hybridized carbons (Fsp3) is 0. The number of amides is 1. The molecule has 0 fully saturated rings. The van der Waals surface area contributed by atoms with E-state index in [-0.39, 0.29) is 11.3 Å². The third-order valence-electron chi connectivity index (χ3n) is 2.64. The molecule has 21 heavy (non-hydrogen) atoms. The minimum Gasteiger partial charge on any atom is -0.323 e. The molecule has 0 saturated heterocycles. The first-order valence-electron chi connectivity index (χ1n) is 6.06. The van der Waals surface area contributed by atoms with Crippen LogP contribution in [0, 0.1) is 0 Å². The van der Waals surface area contributed by atoms with Gasteiger partial charge in [0, 0.05) is 12.3 Å². The van der Waals surface area contributed by atoms with Gasteiger partial charge in [-0.1, -0.05) is 6.07 Å². The van der Waals surface area contributed by atoms with Gasteiger partial charge in [0.25, 0.3) is 11.5 Å². The minimum atomic E-state index is -0.456. The summed E-state index contributed by atoms with van der Waals surface area (Å²) in [5.74, 6) is 0.497. The van der Waals surface area contributed by atoms with Crippen LogP contribution in [0.2, 0.25) is 0 Å². The Hall–Kier alpha value is -3.29. The van der Waals surface area contributed by atoms with Crippen LogP contribution in [0.15, 0.2) is 47.5 Å². The summed E-state index contributed by atoms with van der Waals surface area (Å²) >= 11 is 0. The second kappa shape index (κ2) is 5.37. The molecular formula is C13H10N6O2. The molecule has 0 unspecified atom stereocenters. The Morgan fingerprint density at radius 3 is 2.76 bits per heavy atom. The van der Waals surface area contributed by atoms with Gasteiger partial charge in [-0.2, -0.15) is 5.10 Å². The lowest BCUT2D eigenvalue weighted by Gasteiger charge is -2.00. The maximum absolute atomic E-state index is 11.9. The maximum Gasteiger partial charge on any atom is 0.277 e. The molecule has 0 radical (unpaired) electrons. The Labute approximate surface area is 118 Å². The fourth-order valence-electron chi connectivity index (χ4n) is 1.68. The highest BCUT2D eigenvalue weighted by molar-refractivity contribution is 6.02. The van der Waals surface area contributed by atoms with E-state index in [0.29, 0.717) is 17.3 Å². The number of nitrogens with zero attached hydrogens (tertiary/aromatic N) is 3. The number of hydrogen-bond donors (Lipinski definition) is 3. The van der Waals surface area contributed by atoms with Gasteiger partial charge in [-0.15, -0.1) is 0 Å². The van der Waals surface area contributed by atoms with E-state index in [1.807, 2.05) is 6.07 Å². The second-order valence-electron chi connectivity index (χ2n) is 4.12. The van der Waals surface area contributed by atoms with Crippen LogP contribution in [0.1, 0.15) is 10.5 Å².